The van der Waals surface area contributed by atoms with Crippen LogP contribution in [0, 0.1) is 21.4 Å². The number of aromatic nitrogens is 1. The van der Waals surface area contributed by atoms with Gasteiger partial charge in [0.15, 0.2) is 0 Å². The van der Waals surface area contributed by atoms with E-state index in [1.54, 1.807) is 0 Å². The van der Waals surface area contributed by atoms with Gasteiger partial charge >= 0.3 is 5.97 Å². The Balaban J connectivity index is 2.32. The highest BCUT2D eigenvalue weighted by molar-refractivity contribution is 5.92. The summed E-state index contributed by atoms with van der Waals surface area (Å²) in [6.45, 7) is 0. The fourth-order valence-corrected chi connectivity index (χ4v) is 1.54. The zero-order valence-corrected chi connectivity index (χ0v) is 10.4. The lowest BCUT2D eigenvalue weighted by Crippen LogP contribution is -2.03. The van der Waals surface area contributed by atoms with Crippen molar-refractivity contribution in [3.05, 3.63) is 57.8 Å². The van der Waals surface area contributed by atoms with Gasteiger partial charge in [-0.25, -0.2) is 9.78 Å². The lowest BCUT2D eigenvalue weighted by molar-refractivity contribution is -0.385. The Labute approximate surface area is 118 Å². The number of hydrogen-bond donors (Lipinski definition) is 1. The largest absolute Gasteiger partial charge is 0.477 e. The Hall–Kier alpha value is -3.47. The maximum Gasteiger partial charge on any atom is 0.342 e. The first kappa shape index (κ1) is 14.0. The van der Waals surface area contributed by atoms with E-state index in [0.717, 1.165) is 12.1 Å². The van der Waals surface area contributed by atoms with Gasteiger partial charge in [0.05, 0.1) is 10.5 Å². The van der Waals surface area contributed by atoms with E-state index in [-0.39, 0.29) is 11.6 Å². The number of nitrogens with zero attached hydrogens (tertiary/aromatic N) is 3. The number of nitro benzene ring substituents is 1. The van der Waals surface area contributed by atoms with Gasteiger partial charge in [-0.2, -0.15) is 5.26 Å². The number of ether oxygens (including phenoxy) is 1. The monoisotopic (exact) mass is 285 g/mol. The molecule has 1 aromatic carbocycles. The Morgan fingerprint density at radius 1 is 1.38 bits per heavy atom. The second kappa shape index (κ2) is 5.66. The molecular weight excluding hydrogens is 278 g/mol. The molecule has 0 radical (unpaired) electrons. The van der Waals surface area contributed by atoms with E-state index >= 15 is 0 Å². The van der Waals surface area contributed by atoms with Crippen LogP contribution < -0.4 is 4.74 Å². The molecule has 0 aliphatic rings. The standard InChI is InChI=1S/C13H7N3O5/c14-6-8-1-4-12(15-7-8)21-9-2-3-11(16(19)20)10(5-9)13(17)18/h1-5,7H,(H,17,18). The summed E-state index contributed by atoms with van der Waals surface area (Å²) < 4.78 is 5.30. The van der Waals surface area contributed by atoms with Crippen LogP contribution in [-0.4, -0.2) is 21.0 Å². The van der Waals surface area contributed by atoms with Gasteiger partial charge < -0.3 is 9.84 Å². The van der Waals surface area contributed by atoms with Crippen LogP contribution in [0.5, 0.6) is 11.6 Å². The van der Waals surface area contributed by atoms with Crippen LogP contribution in [-0.2, 0) is 0 Å². The van der Waals surface area contributed by atoms with Crippen LogP contribution in [0.4, 0.5) is 5.69 Å². The molecule has 104 valence electrons. The van der Waals surface area contributed by atoms with Crippen LogP contribution in [0.2, 0.25) is 0 Å². The van der Waals surface area contributed by atoms with Gasteiger partial charge in [0, 0.05) is 24.4 Å². The summed E-state index contributed by atoms with van der Waals surface area (Å²) >= 11 is 0. The molecule has 0 aliphatic heterocycles. The van der Waals surface area contributed by atoms with Gasteiger partial charge in [0.1, 0.15) is 17.4 Å². The first-order chi connectivity index (χ1) is 10.0. The number of nitro groups is 1. The van der Waals surface area contributed by atoms with Crippen molar-refractivity contribution in [2.24, 2.45) is 0 Å². The number of rotatable bonds is 4. The Morgan fingerprint density at radius 2 is 2.14 bits per heavy atom. The predicted molar refractivity (Wildman–Crippen MR) is 69.1 cm³/mol. The molecule has 0 fully saturated rings. The molecule has 0 saturated heterocycles. The molecule has 0 bridgehead atoms. The second-order valence-corrected chi connectivity index (χ2v) is 3.84. The molecule has 21 heavy (non-hydrogen) atoms. The lowest BCUT2D eigenvalue weighted by atomic mass is 10.1. The summed E-state index contributed by atoms with van der Waals surface area (Å²) in [5.41, 5.74) is -0.661. The second-order valence-electron chi connectivity index (χ2n) is 3.84. The number of nitriles is 1. The number of pyridine rings is 1. The molecule has 0 aliphatic carbocycles. The summed E-state index contributed by atoms with van der Waals surface area (Å²) in [6, 6.07) is 8.15. The van der Waals surface area contributed by atoms with E-state index in [2.05, 4.69) is 4.98 Å². The van der Waals surface area contributed by atoms with Gasteiger partial charge in [0.25, 0.3) is 5.69 Å². The SMILES string of the molecule is N#Cc1ccc(Oc2ccc([N+](=O)[O-])c(C(=O)O)c2)nc1. The van der Waals surface area contributed by atoms with Crippen LogP contribution in [0.15, 0.2) is 36.5 Å². The molecular formula is C13H7N3O5. The third-order valence-corrected chi connectivity index (χ3v) is 2.48. The van der Waals surface area contributed by atoms with E-state index in [1.165, 1.54) is 24.4 Å². The van der Waals surface area contributed by atoms with Crippen molar-refractivity contribution in [2.45, 2.75) is 0 Å². The molecule has 2 rings (SSSR count). The van der Waals surface area contributed by atoms with Crippen molar-refractivity contribution in [2.75, 3.05) is 0 Å². The van der Waals surface area contributed by atoms with E-state index in [1.807, 2.05) is 6.07 Å². The summed E-state index contributed by atoms with van der Waals surface area (Å²) in [4.78, 5) is 24.8. The van der Waals surface area contributed by atoms with Crippen molar-refractivity contribution in [1.82, 2.24) is 4.98 Å². The molecule has 0 saturated carbocycles. The minimum absolute atomic E-state index is 0.0928. The smallest absolute Gasteiger partial charge is 0.342 e. The van der Waals surface area contributed by atoms with Crippen LogP contribution in [0.25, 0.3) is 0 Å². The predicted octanol–water partition coefficient (Wildman–Crippen LogP) is 2.35. The van der Waals surface area contributed by atoms with Crippen molar-refractivity contribution in [1.29, 1.82) is 5.26 Å². The number of carboxylic acid groups (broad SMARTS) is 1. The van der Waals surface area contributed by atoms with Gasteiger partial charge in [-0.05, 0) is 12.1 Å². The molecule has 2 aromatic rings. The number of carbonyl (C=O) groups is 1. The minimum Gasteiger partial charge on any atom is -0.477 e. The maximum absolute atomic E-state index is 11.0. The Morgan fingerprint density at radius 3 is 2.67 bits per heavy atom. The summed E-state index contributed by atoms with van der Waals surface area (Å²) in [6.07, 6.45) is 1.29. The van der Waals surface area contributed by atoms with E-state index in [4.69, 9.17) is 15.1 Å². The molecule has 8 nitrogen and oxygen atoms in total. The molecule has 1 aromatic heterocycles. The average molecular weight is 285 g/mol. The van der Waals surface area contributed by atoms with E-state index < -0.39 is 22.1 Å². The molecule has 0 amide bonds. The molecule has 1 N–H and O–H groups in total. The number of benzene rings is 1. The maximum atomic E-state index is 11.0. The zero-order valence-electron chi connectivity index (χ0n) is 10.4. The number of hydrogen-bond acceptors (Lipinski definition) is 6. The summed E-state index contributed by atoms with van der Waals surface area (Å²) in [7, 11) is 0. The Kier molecular flexibility index (Phi) is 3.76. The Bertz CT molecular complexity index is 749. The van der Waals surface area contributed by atoms with Crippen LogP contribution in [0.1, 0.15) is 15.9 Å². The van der Waals surface area contributed by atoms with Crippen molar-refractivity contribution < 1.29 is 19.6 Å². The van der Waals surface area contributed by atoms with Gasteiger partial charge in [-0.15, -0.1) is 0 Å². The van der Waals surface area contributed by atoms with Crippen molar-refractivity contribution in [3.63, 3.8) is 0 Å². The number of carboxylic acids is 1. The average Bonchev–Trinajstić information content (AvgIpc) is 2.47. The van der Waals surface area contributed by atoms with E-state index in [0.29, 0.717) is 5.56 Å². The van der Waals surface area contributed by atoms with Crippen LogP contribution >= 0.6 is 0 Å². The third kappa shape index (κ3) is 3.10. The normalized spacial score (nSPS) is 9.67. The highest BCUT2D eigenvalue weighted by Crippen LogP contribution is 2.27. The molecule has 0 spiro atoms. The summed E-state index contributed by atoms with van der Waals surface area (Å²) in [5.74, 6) is -1.20. The molecule has 1 heterocycles. The van der Waals surface area contributed by atoms with Crippen LogP contribution in [0.3, 0.4) is 0 Å². The zero-order chi connectivity index (χ0) is 15.4. The van der Waals surface area contributed by atoms with Gasteiger partial charge in [-0.3, -0.25) is 10.1 Å². The first-order valence-corrected chi connectivity index (χ1v) is 5.57. The minimum atomic E-state index is -1.43. The highest BCUT2D eigenvalue weighted by atomic mass is 16.6. The molecule has 0 unspecified atom stereocenters. The van der Waals surface area contributed by atoms with E-state index in [9.17, 15) is 14.9 Å². The highest BCUT2D eigenvalue weighted by Gasteiger charge is 2.20. The third-order valence-electron chi connectivity index (χ3n) is 2.48. The van der Waals surface area contributed by atoms with Gasteiger partial charge in [-0.1, -0.05) is 0 Å². The molecule has 8 heteroatoms. The summed E-state index contributed by atoms with van der Waals surface area (Å²) in [5, 5.41) is 28.3. The quantitative estimate of drug-likeness (QED) is 0.674. The molecule has 0 atom stereocenters. The fourth-order valence-electron chi connectivity index (χ4n) is 1.54. The number of aromatic carboxylic acids is 1. The first-order valence-electron chi connectivity index (χ1n) is 5.57. The van der Waals surface area contributed by atoms with Gasteiger partial charge in [0.2, 0.25) is 5.88 Å². The lowest BCUT2D eigenvalue weighted by Gasteiger charge is -2.05. The fraction of sp³-hybridized carbons (Fsp3) is 0. The topological polar surface area (TPSA) is 126 Å². The van der Waals surface area contributed by atoms with Crippen molar-refractivity contribution >= 4 is 11.7 Å². The van der Waals surface area contributed by atoms with Crippen molar-refractivity contribution in [3.8, 4) is 17.7 Å².